The maximum absolute atomic E-state index is 13.1. The van der Waals surface area contributed by atoms with Gasteiger partial charge in [0.05, 0.1) is 90.0 Å². The van der Waals surface area contributed by atoms with Crippen LogP contribution in [0.25, 0.3) is 0 Å². The third-order valence-corrected chi connectivity index (χ3v) is 17.2. The first kappa shape index (κ1) is 66.1. The molecular weight excluding hydrogens is 949 g/mol. The quantitative estimate of drug-likeness (QED) is 0.0431. The minimum absolute atomic E-state index is 0.0659. The molecule has 75 heavy (non-hydrogen) atoms. The standard InChI is InChI=1S/C63H116O12/c1-11-61(10,73-43-57(40-67-45-63(13-3)48-69-49-63)71-42-55(75-59(65)35-51(6)7)37-53-30-24-20-16-17-21-25-31-53)32-26-27-33-72-60(8,9)38-56(39-66-44-62(12-2)46-68-47-62)70-41-54(74-58(64)34-50(4)5)36-52-28-22-18-14-15-19-23-29-52/h50-57H,11-49H2,1-10H3. The number of esters is 2. The van der Waals surface area contributed by atoms with Crippen LogP contribution < -0.4 is 0 Å². The lowest BCUT2D eigenvalue weighted by Crippen LogP contribution is -2.46. The molecule has 0 bridgehead atoms. The summed E-state index contributed by atoms with van der Waals surface area (Å²) in [6.45, 7) is 28.2. The van der Waals surface area contributed by atoms with E-state index in [9.17, 15) is 9.59 Å². The number of carbonyl (C=O) groups is 2. The lowest BCUT2D eigenvalue weighted by molar-refractivity contribution is -0.173. The van der Waals surface area contributed by atoms with Gasteiger partial charge in [-0.25, -0.2) is 0 Å². The average molecular weight is 1070 g/mol. The topological polar surface area (TPSA) is 126 Å². The van der Waals surface area contributed by atoms with E-state index < -0.39 is 5.60 Å². The van der Waals surface area contributed by atoms with Crippen LogP contribution in [0.4, 0.5) is 0 Å². The van der Waals surface area contributed by atoms with Gasteiger partial charge in [0.15, 0.2) is 0 Å². The van der Waals surface area contributed by atoms with Gasteiger partial charge in [-0.3, -0.25) is 9.59 Å². The molecule has 440 valence electrons. The van der Waals surface area contributed by atoms with Crippen LogP contribution in [0.1, 0.15) is 243 Å². The lowest BCUT2D eigenvalue weighted by Gasteiger charge is -2.41. The van der Waals surface area contributed by atoms with E-state index in [1.165, 1.54) is 103 Å². The molecule has 5 atom stereocenters. The molecule has 0 amide bonds. The fraction of sp³-hybridized carbons (Fsp3) is 0.968. The summed E-state index contributed by atoms with van der Waals surface area (Å²) in [6, 6.07) is 0. The largest absolute Gasteiger partial charge is 0.460 e. The summed E-state index contributed by atoms with van der Waals surface area (Å²) < 4.78 is 63.6. The molecule has 2 heterocycles. The summed E-state index contributed by atoms with van der Waals surface area (Å²) in [6.07, 6.45) is 27.9. The SMILES string of the molecule is CCC1(COCC(COC(C)(CC)CCCCOC(C)(C)CC(COCC2(CC)COC2)OCC(CC2CCCCCCCC2)OC(=O)CC(C)C)OCC(CC2CCCCCCCC2)OC(=O)CC(C)C)COC1. The smallest absolute Gasteiger partial charge is 0.306 e. The number of ether oxygens (including phenoxy) is 10. The molecule has 2 saturated carbocycles. The van der Waals surface area contributed by atoms with Crippen molar-refractivity contribution in [3.63, 3.8) is 0 Å². The van der Waals surface area contributed by atoms with Crippen LogP contribution in [0.2, 0.25) is 0 Å². The van der Waals surface area contributed by atoms with Gasteiger partial charge in [-0.05, 0) is 95.8 Å². The average Bonchev–Trinajstić information content (AvgIpc) is 3.55. The Morgan fingerprint density at radius 2 is 0.960 bits per heavy atom. The number of carbonyl (C=O) groups excluding carboxylic acids is 2. The molecule has 4 rings (SSSR count). The maximum atomic E-state index is 13.1. The van der Waals surface area contributed by atoms with Gasteiger partial charge in [-0.2, -0.15) is 0 Å². The number of rotatable bonds is 38. The Balaban J connectivity index is 1.34. The predicted molar refractivity (Wildman–Crippen MR) is 300 cm³/mol. The second kappa shape index (κ2) is 36.1. The molecular formula is C63H116O12. The Labute approximate surface area is 459 Å². The summed E-state index contributed by atoms with van der Waals surface area (Å²) >= 11 is 0. The molecule has 4 aliphatic rings. The summed E-state index contributed by atoms with van der Waals surface area (Å²) in [7, 11) is 0. The summed E-state index contributed by atoms with van der Waals surface area (Å²) in [4.78, 5) is 26.3. The van der Waals surface area contributed by atoms with Gasteiger partial charge in [0, 0.05) is 36.7 Å². The Morgan fingerprint density at radius 3 is 1.36 bits per heavy atom. The first-order valence-electron chi connectivity index (χ1n) is 31.2. The fourth-order valence-corrected chi connectivity index (χ4v) is 11.5. The first-order valence-corrected chi connectivity index (χ1v) is 31.2. The molecule has 2 aliphatic carbocycles. The lowest BCUT2D eigenvalue weighted by atomic mass is 9.84. The summed E-state index contributed by atoms with van der Waals surface area (Å²) in [5.74, 6) is 1.28. The van der Waals surface area contributed by atoms with Crippen LogP contribution >= 0.6 is 0 Å². The second-order valence-electron chi connectivity index (χ2n) is 26.0. The van der Waals surface area contributed by atoms with Gasteiger partial charge < -0.3 is 47.4 Å². The van der Waals surface area contributed by atoms with Gasteiger partial charge in [-0.15, -0.1) is 0 Å². The van der Waals surface area contributed by atoms with Crippen molar-refractivity contribution in [2.24, 2.45) is 34.5 Å². The molecule has 0 aromatic carbocycles. The van der Waals surface area contributed by atoms with Crippen molar-refractivity contribution in [2.45, 2.75) is 278 Å². The van der Waals surface area contributed by atoms with Crippen molar-refractivity contribution in [2.75, 3.05) is 79.3 Å². The van der Waals surface area contributed by atoms with E-state index in [1.54, 1.807) is 0 Å². The van der Waals surface area contributed by atoms with Gasteiger partial charge in [-0.1, -0.05) is 151 Å². The normalized spacial score (nSPS) is 21.7. The maximum Gasteiger partial charge on any atom is 0.306 e. The zero-order chi connectivity index (χ0) is 54.4. The first-order chi connectivity index (χ1) is 36.0. The second-order valence-corrected chi connectivity index (χ2v) is 26.0. The minimum Gasteiger partial charge on any atom is -0.460 e. The Morgan fingerprint density at radius 1 is 0.533 bits per heavy atom. The Hall–Kier alpha value is -1.38. The molecule has 0 radical (unpaired) electrons. The van der Waals surface area contributed by atoms with Crippen molar-refractivity contribution in [3.8, 4) is 0 Å². The summed E-state index contributed by atoms with van der Waals surface area (Å²) in [5.41, 5.74) is -0.684. The van der Waals surface area contributed by atoms with Crippen LogP contribution in [0.15, 0.2) is 0 Å². The van der Waals surface area contributed by atoms with E-state index >= 15 is 0 Å². The van der Waals surface area contributed by atoms with E-state index in [4.69, 9.17) is 47.4 Å². The Kier molecular flexibility index (Phi) is 31.8. The molecule has 12 heteroatoms. The van der Waals surface area contributed by atoms with Crippen LogP contribution in [0, 0.1) is 34.5 Å². The Bertz CT molecular complexity index is 1460. The molecule has 2 aliphatic heterocycles. The molecule has 0 aromatic rings. The third kappa shape index (κ3) is 27.6. The van der Waals surface area contributed by atoms with E-state index in [0.717, 1.165) is 77.8 Å². The number of hydrogen-bond acceptors (Lipinski definition) is 12. The highest BCUT2D eigenvalue weighted by Crippen LogP contribution is 2.34. The summed E-state index contributed by atoms with van der Waals surface area (Å²) in [5, 5.41) is 0. The number of unbranched alkanes of at least 4 members (excludes halogenated alkanes) is 1. The molecule has 0 spiro atoms. The monoisotopic (exact) mass is 1060 g/mol. The van der Waals surface area contributed by atoms with E-state index in [2.05, 4.69) is 69.2 Å². The minimum atomic E-state index is -0.468. The van der Waals surface area contributed by atoms with Crippen molar-refractivity contribution in [1.82, 2.24) is 0 Å². The van der Waals surface area contributed by atoms with Gasteiger partial charge in [0.2, 0.25) is 0 Å². The van der Waals surface area contributed by atoms with E-state index in [0.29, 0.717) is 84.0 Å². The van der Waals surface area contributed by atoms with Crippen LogP contribution in [0.3, 0.4) is 0 Å². The zero-order valence-electron chi connectivity index (χ0n) is 50.1. The molecule has 5 unspecified atom stereocenters. The fourth-order valence-electron chi connectivity index (χ4n) is 11.5. The van der Waals surface area contributed by atoms with E-state index in [1.807, 2.05) is 0 Å². The van der Waals surface area contributed by atoms with Gasteiger partial charge in [0.1, 0.15) is 18.3 Å². The van der Waals surface area contributed by atoms with E-state index in [-0.39, 0.29) is 64.6 Å². The predicted octanol–water partition coefficient (Wildman–Crippen LogP) is 14.4. The van der Waals surface area contributed by atoms with Crippen molar-refractivity contribution in [3.05, 3.63) is 0 Å². The number of hydrogen-bond donors (Lipinski definition) is 0. The highest BCUT2D eigenvalue weighted by atomic mass is 16.6. The molecule has 4 fully saturated rings. The molecule has 12 nitrogen and oxygen atoms in total. The van der Waals surface area contributed by atoms with Gasteiger partial charge in [0.25, 0.3) is 0 Å². The molecule has 2 saturated heterocycles. The van der Waals surface area contributed by atoms with Crippen LogP contribution in [-0.4, -0.2) is 127 Å². The van der Waals surface area contributed by atoms with Crippen LogP contribution in [-0.2, 0) is 57.0 Å². The van der Waals surface area contributed by atoms with Gasteiger partial charge >= 0.3 is 11.9 Å². The highest BCUT2D eigenvalue weighted by molar-refractivity contribution is 5.70. The molecule has 0 N–H and O–H groups in total. The van der Waals surface area contributed by atoms with Crippen molar-refractivity contribution < 1.29 is 57.0 Å². The molecule has 0 aromatic heterocycles. The van der Waals surface area contributed by atoms with Crippen molar-refractivity contribution in [1.29, 1.82) is 0 Å². The van der Waals surface area contributed by atoms with Crippen LogP contribution in [0.5, 0.6) is 0 Å². The highest BCUT2D eigenvalue weighted by Gasteiger charge is 2.39. The third-order valence-electron chi connectivity index (χ3n) is 17.2. The van der Waals surface area contributed by atoms with Crippen molar-refractivity contribution >= 4 is 11.9 Å². The zero-order valence-corrected chi connectivity index (χ0v) is 50.1.